The molecule has 1 amide bonds. The maximum atomic E-state index is 12.0. The van der Waals surface area contributed by atoms with Crippen LogP contribution in [0.15, 0.2) is 27.5 Å². The van der Waals surface area contributed by atoms with Crippen molar-refractivity contribution in [3.8, 4) is 0 Å². The fourth-order valence-electron chi connectivity index (χ4n) is 1.60. The van der Waals surface area contributed by atoms with E-state index in [2.05, 4.69) is 9.71 Å². The number of nitrogens with two attached hydrogens (primary N) is 1. The molecule has 0 spiro atoms. The van der Waals surface area contributed by atoms with Crippen molar-refractivity contribution < 1.29 is 13.2 Å². The number of fused-ring (bicyclic) bond motifs is 1. The Balaban J connectivity index is 2.35. The Kier molecular flexibility index (Phi) is 3.81. The molecule has 0 unspecified atom stereocenters. The third-order valence-electron chi connectivity index (χ3n) is 2.53. The second-order valence-electron chi connectivity index (χ2n) is 3.94. The summed E-state index contributed by atoms with van der Waals surface area (Å²) in [5, 5.41) is 3.05. The molecular weight excluding hydrogens is 286 g/mol. The molecule has 0 atom stereocenters. The fourth-order valence-corrected chi connectivity index (χ4v) is 3.63. The summed E-state index contributed by atoms with van der Waals surface area (Å²) in [5.41, 5.74) is 6.41. The first kappa shape index (κ1) is 13.9. The number of rotatable bonds is 3. The van der Waals surface area contributed by atoms with Crippen LogP contribution in [0.4, 0.5) is 5.69 Å². The van der Waals surface area contributed by atoms with Crippen LogP contribution in [0.3, 0.4) is 0 Å². The third kappa shape index (κ3) is 3.07. The highest BCUT2D eigenvalue weighted by molar-refractivity contribution is 8.15. The van der Waals surface area contributed by atoms with Crippen LogP contribution in [0.25, 0.3) is 0 Å². The number of nitrogens with one attached hydrogen (secondary N) is 1. The number of nitrogens with zero attached hydrogens (tertiary/aromatic N) is 1. The maximum absolute atomic E-state index is 12.0. The van der Waals surface area contributed by atoms with Crippen molar-refractivity contribution in [2.45, 2.75) is 18.2 Å². The lowest BCUT2D eigenvalue weighted by atomic mass is 10.1. The van der Waals surface area contributed by atoms with Gasteiger partial charge in [-0.3, -0.25) is 4.79 Å². The molecule has 102 valence electrons. The average molecular weight is 299 g/mol. The van der Waals surface area contributed by atoms with Crippen LogP contribution in [0.5, 0.6) is 0 Å². The molecule has 3 N–H and O–H groups in total. The molecule has 0 fully saturated rings. The minimum atomic E-state index is -3.72. The van der Waals surface area contributed by atoms with Crippen molar-refractivity contribution in [3.05, 3.63) is 23.8 Å². The normalized spacial score (nSPS) is 16.2. The number of benzene rings is 1. The number of hydrogen-bond donors (Lipinski definition) is 2. The zero-order valence-electron chi connectivity index (χ0n) is 10.2. The molecule has 1 aromatic carbocycles. The van der Waals surface area contributed by atoms with Gasteiger partial charge in [0.1, 0.15) is 4.90 Å². The molecule has 8 heteroatoms. The van der Waals surface area contributed by atoms with Gasteiger partial charge in [0.2, 0.25) is 5.91 Å². The Hall–Kier alpha value is -1.54. The van der Waals surface area contributed by atoms with Crippen molar-refractivity contribution >= 4 is 38.5 Å². The van der Waals surface area contributed by atoms with Gasteiger partial charge < -0.3 is 11.1 Å². The Morgan fingerprint density at radius 1 is 1.47 bits per heavy atom. The number of carbonyl (C=O) groups excluding carboxylic acids is 1. The van der Waals surface area contributed by atoms with Crippen molar-refractivity contribution in [1.82, 2.24) is 0 Å². The zero-order valence-corrected chi connectivity index (χ0v) is 11.8. The first-order valence-electron chi connectivity index (χ1n) is 5.58. The number of sulfonamides is 1. The molecule has 2 rings (SSSR count). The van der Waals surface area contributed by atoms with Gasteiger partial charge in [0.15, 0.2) is 5.17 Å². The molecular formula is C11H13N3O3S2. The highest BCUT2D eigenvalue weighted by Gasteiger charge is 2.25. The maximum Gasteiger partial charge on any atom is 0.286 e. The quantitative estimate of drug-likeness (QED) is 0.864. The number of primary amides is 1. The Morgan fingerprint density at radius 2 is 2.21 bits per heavy atom. The lowest BCUT2D eigenvalue weighted by Crippen LogP contribution is -2.22. The molecule has 0 bridgehead atoms. The second-order valence-corrected chi connectivity index (χ2v) is 6.47. The first-order valence-corrected chi connectivity index (χ1v) is 8.01. The summed E-state index contributed by atoms with van der Waals surface area (Å²) in [6.07, 6.45) is 0.746. The van der Waals surface area contributed by atoms with E-state index in [4.69, 9.17) is 5.73 Å². The molecule has 0 aromatic heterocycles. The lowest BCUT2D eigenvalue weighted by Gasteiger charge is -2.17. The number of carbonyl (C=O) groups is 1. The van der Waals surface area contributed by atoms with E-state index in [1.165, 1.54) is 0 Å². The summed E-state index contributed by atoms with van der Waals surface area (Å²) in [7, 11) is -3.72. The molecule has 0 saturated heterocycles. The van der Waals surface area contributed by atoms with E-state index in [0.717, 1.165) is 23.7 Å². The Labute approximate surface area is 115 Å². The van der Waals surface area contributed by atoms with E-state index in [9.17, 15) is 13.2 Å². The van der Waals surface area contributed by atoms with Gasteiger partial charge in [0.05, 0.1) is 11.4 Å². The Morgan fingerprint density at radius 3 is 2.84 bits per heavy atom. The molecule has 1 aliphatic rings. The molecule has 0 radical (unpaired) electrons. The number of amidine groups is 1. The van der Waals surface area contributed by atoms with E-state index < -0.39 is 15.9 Å². The lowest BCUT2D eigenvalue weighted by molar-refractivity contribution is -0.115. The largest absolute Gasteiger partial charge is 0.369 e. The van der Waals surface area contributed by atoms with E-state index in [-0.39, 0.29) is 15.8 Å². The average Bonchev–Trinajstić information content (AvgIpc) is 2.35. The van der Waals surface area contributed by atoms with Gasteiger partial charge in [0.25, 0.3) is 10.0 Å². The topological polar surface area (TPSA) is 102 Å². The number of anilines is 1. The fraction of sp³-hybridized carbons (Fsp3) is 0.273. The molecule has 0 saturated carbocycles. The van der Waals surface area contributed by atoms with Crippen LogP contribution in [0.2, 0.25) is 0 Å². The number of amides is 1. The molecule has 6 nitrogen and oxygen atoms in total. The molecule has 0 aliphatic carbocycles. The summed E-state index contributed by atoms with van der Waals surface area (Å²) in [6.45, 7) is 1.95. The van der Waals surface area contributed by atoms with E-state index in [1.54, 1.807) is 12.1 Å². The summed E-state index contributed by atoms with van der Waals surface area (Å²) in [6, 6.07) is 5.16. The monoisotopic (exact) mass is 299 g/mol. The summed E-state index contributed by atoms with van der Waals surface area (Å²) < 4.78 is 27.7. The van der Waals surface area contributed by atoms with Gasteiger partial charge in [-0.25, -0.2) is 0 Å². The number of hydrogen-bond acceptors (Lipinski definition) is 5. The van der Waals surface area contributed by atoms with E-state index >= 15 is 0 Å². The zero-order chi connectivity index (χ0) is 14.0. The summed E-state index contributed by atoms with van der Waals surface area (Å²) in [5.74, 6) is -0.553. The van der Waals surface area contributed by atoms with Crippen LogP contribution in [-0.2, 0) is 21.2 Å². The van der Waals surface area contributed by atoms with Crippen LogP contribution < -0.4 is 11.1 Å². The van der Waals surface area contributed by atoms with Gasteiger partial charge in [-0.1, -0.05) is 24.8 Å². The highest BCUT2D eigenvalue weighted by Crippen LogP contribution is 2.30. The third-order valence-corrected chi connectivity index (χ3v) is 4.86. The van der Waals surface area contributed by atoms with Gasteiger partial charge in [0, 0.05) is 0 Å². The molecule has 1 aromatic rings. The van der Waals surface area contributed by atoms with Gasteiger partial charge in [-0.15, -0.1) is 4.40 Å². The van der Waals surface area contributed by atoms with Crippen molar-refractivity contribution in [3.63, 3.8) is 0 Å². The van der Waals surface area contributed by atoms with Crippen molar-refractivity contribution in [2.75, 3.05) is 11.1 Å². The van der Waals surface area contributed by atoms with Crippen LogP contribution in [0, 0.1) is 0 Å². The smallest absolute Gasteiger partial charge is 0.286 e. The summed E-state index contributed by atoms with van der Waals surface area (Å²) >= 11 is 0.966. The standard InChI is InChI=1S/C11H13N3O3S2/c1-2-7-3-4-8-9(5-7)19(16,17)14-11(13-8)18-6-10(12)15/h3-5H,2,6H2,1H3,(H2,12,15)(H,13,14). The number of aryl methyl sites for hydroxylation is 1. The van der Waals surface area contributed by atoms with Crippen molar-refractivity contribution in [1.29, 1.82) is 0 Å². The van der Waals surface area contributed by atoms with Crippen LogP contribution in [-0.4, -0.2) is 25.2 Å². The minimum absolute atomic E-state index is 0.0241. The van der Waals surface area contributed by atoms with E-state index in [1.807, 2.05) is 13.0 Å². The Bertz CT molecular complexity index is 653. The highest BCUT2D eigenvalue weighted by atomic mass is 32.2. The predicted molar refractivity (Wildman–Crippen MR) is 75.7 cm³/mol. The summed E-state index contributed by atoms with van der Waals surface area (Å²) in [4.78, 5) is 10.9. The molecule has 1 aliphatic heterocycles. The van der Waals surface area contributed by atoms with Crippen LogP contribution >= 0.6 is 11.8 Å². The second kappa shape index (κ2) is 5.22. The number of thioether (sulfide) groups is 1. The first-order chi connectivity index (χ1) is 8.92. The van der Waals surface area contributed by atoms with Gasteiger partial charge in [-0.2, -0.15) is 8.42 Å². The SMILES string of the molecule is CCc1ccc2c(c1)S(=O)(=O)N=C(SCC(N)=O)N2. The molecule has 1 heterocycles. The molecule has 19 heavy (non-hydrogen) atoms. The minimum Gasteiger partial charge on any atom is -0.369 e. The van der Waals surface area contributed by atoms with Gasteiger partial charge >= 0.3 is 0 Å². The predicted octanol–water partition coefficient (Wildman–Crippen LogP) is 0.938. The van der Waals surface area contributed by atoms with E-state index in [0.29, 0.717) is 5.69 Å². The van der Waals surface area contributed by atoms with Gasteiger partial charge in [-0.05, 0) is 24.1 Å². The van der Waals surface area contributed by atoms with Crippen LogP contribution in [0.1, 0.15) is 12.5 Å². The van der Waals surface area contributed by atoms with Crippen molar-refractivity contribution in [2.24, 2.45) is 10.1 Å².